The zero-order valence-electron chi connectivity index (χ0n) is 6.26. The van der Waals surface area contributed by atoms with Crippen LogP contribution in [0.5, 0.6) is 0 Å². The van der Waals surface area contributed by atoms with Crippen LogP contribution in [0.4, 0.5) is 14.6 Å². The third-order valence-electron chi connectivity index (χ3n) is 1.36. The van der Waals surface area contributed by atoms with E-state index in [9.17, 15) is 8.78 Å². The molecule has 0 amide bonds. The lowest BCUT2D eigenvalue weighted by atomic mass is 10.2. The normalized spacial score (nSPS) is 10.1. The maximum Gasteiger partial charge on any atom is 0.281 e. The number of hydrogen-bond acceptors (Lipinski definition) is 3. The van der Waals surface area contributed by atoms with Crippen molar-refractivity contribution >= 4 is 17.4 Å². The molecule has 0 unspecified atom stereocenters. The van der Waals surface area contributed by atoms with E-state index in [0.29, 0.717) is 0 Å². The van der Waals surface area contributed by atoms with Crippen LogP contribution in [-0.2, 0) is 0 Å². The highest BCUT2D eigenvalue weighted by molar-refractivity contribution is 6.31. The molecule has 3 nitrogen and oxygen atoms in total. The number of pyridine rings is 1. The van der Waals surface area contributed by atoms with E-state index in [1.165, 1.54) is 0 Å². The van der Waals surface area contributed by atoms with Crippen LogP contribution in [0.15, 0.2) is 6.07 Å². The molecule has 0 aliphatic carbocycles. The summed E-state index contributed by atoms with van der Waals surface area (Å²) in [6.07, 6.45) is -2.79. The highest BCUT2D eigenvalue weighted by Gasteiger charge is 2.16. The molecule has 0 radical (unpaired) electrons. The molecule has 68 valence electrons. The van der Waals surface area contributed by atoms with Crippen molar-refractivity contribution in [3.05, 3.63) is 22.3 Å². The molecular weight excluding hydrogens is 200 g/mol. The Morgan fingerprint density at radius 1 is 1.62 bits per heavy atom. The number of nitrogens with zero attached hydrogens (tertiary/aromatic N) is 2. The lowest BCUT2D eigenvalue weighted by Crippen LogP contribution is -2.00. The van der Waals surface area contributed by atoms with Gasteiger partial charge in [-0.15, -0.1) is 0 Å². The third kappa shape index (κ3) is 1.84. The molecule has 0 saturated carbocycles. The van der Waals surface area contributed by atoms with Gasteiger partial charge in [0.1, 0.15) is 17.6 Å². The Hall–Kier alpha value is -1.41. The molecule has 0 bridgehead atoms. The summed E-state index contributed by atoms with van der Waals surface area (Å²) < 4.78 is 24.3. The van der Waals surface area contributed by atoms with Gasteiger partial charge in [0.2, 0.25) is 0 Å². The minimum atomic E-state index is -2.79. The van der Waals surface area contributed by atoms with Crippen LogP contribution in [-0.4, -0.2) is 4.98 Å². The van der Waals surface area contributed by atoms with Crippen molar-refractivity contribution in [1.82, 2.24) is 4.98 Å². The number of hydrogen-bond donors (Lipinski definition) is 1. The second kappa shape index (κ2) is 3.54. The summed E-state index contributed by atoms with van der Waals surface area (Å²) in [6.45, 7) is 0. The molecule has 6 heteroatoms. The van der Waals surface area contributed by atoms with Gasteiger partial charge in [-0.3, -0.25) is 0 Å². The molecule has 1 aromatic rings. The van der Waals surface area contributed by atoms with Crippen LogP contribution < -0.4 is 5.73 Å². The smallest absolute Gasteiger partial charge is 0.281 e. The molecule has 0 aromatic carbocycles. The number of alkyl halides is 2. The molecule has 0 fully saturated rings. The quantitative estimate of drug-likeness (QED) is 0.761. The minimum absolute atomic E-state index is 0.00519. The number of anilines is 1. The summed E-state index contributed by atoms with van der Waals surface area (Å²) in [7, 11) is 0. The Morgan fingerprint density at radius 2 is 2.23 bits per heavy atom. The predicted octanol–water partition coefficient (Wildman–Crippen LogP) is 2.13. The van der Waals surface area contributed by atoms with Gasteiger partial charge in [0.05, 0.1) is 10.6 Å². The minimum Gasteiger partial charge on any atom is -0.383 e. The fraction of sp³-hybridized carbons (Fsp3) is 0.143. The largest absolute Gasteiger partial charge is 0.383 e. The molecule has 13 heavy (non-hydrogen) atoms. The van der Waals surface area contributed by atoms with Crippen molar-refractivity contribution < 1.29 is 8.78 Å². The highest BCUT2D eigenvalue weighted by Crippen LogP contribution is 2.27. The number of nitriles is 1. The molecule has 1 rings (SSSR count). The van der Waals surface area contributed by atoms with Crippen LogP contribution in [0.3, 0.4) is 0 Å². The summed E-state index contributed by atoms with van der Waals surface area (Å²) >= 11 is 5.43. The fourth-order valence-electron chi connectivity index (χ4n) is 0.761. The molecule has 0 aliphatic heterocycles. The standard InChI is InChI=1S/C7H4ClF2N3/c8-4-1-3(2-11)7(12)13-5(4)6(9)10/h1,6H,(H2,12,13). The molecule has 1 heterocycles. The first-order valence-electron chi connectivity index (χ1n) is 3.20. The Kier molecular flexibility index (Phi) is 2.63. The molecular formula is C7H4ClF2N3. The van der Waals surface area contributed by atoms with Crippen molar-refractivity contribution in [2.75, 3.05) is 5.73 Å². The Morgan fingerprint density at radius 3 is 2.69 bits per heavy atom. The maximum absolute atomic E-state index is 12.2. The lowest BCUT2D eigenvalue weighted by molar-refractivity contribution is 0.146. The number of rotatable bonds is 1. The van der Waals surface area contributed by atoms with Crippen LogP contribution >= 0.6 is 11.6 Å². The lowest BCUT2D eigenvalue weighted by Gasteiger charge is -2.03. The highest BCUT2D eigenvalue weighted by atomic mass is 35.5. The van der Waals surface area contributed by atoms with E-state index in [1.807, 2.05) is 0 Å². The third-order valence-corrected chi connectivity index (χ3v) is 1.66. The second-order valence-corrected chi connectivity index (χ2v) is 2.61. The zero-order valence-corrected chi connectivity index (χ0v) is 7.02. The Labute approximate surface area is 77.7 Å². The van der Waals surface area contributed by atoms with Gasteiger partial charge in [-0.25, -0.2) is 13.8 Å². The van der Waals surface area contributed by atoms with E-state index < -0.39 is 12.1 Å². The Balaban J connectivity index is 3.31. The van der Waals surface area contributed by atoms with Crippen molar-refractivity contribution in [3.8, 4) is 6.07 Å². The van der Waals surface area contributed by atoms with E-state index >= 15 is 0 Å². The topological polar surface area (TPSA) is 62.7 Å². The van der Waals surface area contributed by atoms with Crippen LogP contribution in [0, 0.1) is 11.3 Å². The maximum atomic E-state index is 12.2. The van der Waals surface area contributed by atoms with Gasteiger partial charge >= 0.3 is 0 Å². The van der Waals surface area contributed by atoms with Crippen molar-refractivity contribution in [1.29, 1.82) is 5.26 Å². The average Bonchev–Trinajstić information content (AvgIpc) is 2.07. The van der Waals surface area contributed by atoms with Gasteiger partial charge in [0, 0.05) is 0 Å². The molecule has 0 aliphatic rings. The summed E-state index contributed by atoms with van der Waals surface area (Å²) in [5.41, 5.74) is 4.61. The zero-order chi connectivity index (χ0) is 10.0. The van der Waals surface area contributed by atoms with Crippen LogP contribution in [0.1, 0.15) is 17.7 Å². The van der Waals surface area contributed by atoms with Crippen molar-refractivity contribution in [2.45, 2.75) is 6.43 Å². The average molecular weight is 204 g/mol. The molecule has 0 spiro atoms. The van der Waals surface area contributed by atoms with Gasteiger partial charge < -0.3 is 5.73 Å². The van der Waals surface area contributed by atoms with E-state index in [2.05, 4.69) is 4.98 Å². The number of nitrogens with two attached hydrogens (primary N) is 1. The van der Waals surface area contributed by atoms with Crippen molar-refractivity contribution in [2.24, 2.45) is 0 Å². The summed E-state index contributed by atoms with van der Waals surface area (Å²) in [4.78, 5) is 3.32. The van der Waals surface area contributed by atoms with Crippen LogP contribution in [0.2, 0.25) is 5.02 Å². The van der Waals surface area contributed by atoms with E-state index in [0.717, 1.165) is 6.07 Å². The van der Waals surface area contributed by atoms with Crippen LogP contribution in [0.25, 0.3) is 0 Å². The van der Waals surface area contributed by atoms with Gasteiger partial charge in [-0.2, -0.15) is 5.26 Å². The molecule has 2 N–H and O–H groups in total. The van der Waals surface area contributed by atoms with Gasteiger partial charge in [-0.1, -0.05) is 11.6 Å². The van der Waals surface area contributed by atoms with E-state index in [4.69, 9.17) is 22.6 Å². The summed E-state index contributed by atoms with van der Waals surface area (Å²) in [5.74, 6) is -0.234. The van der Waals surface area contributed by atoms with Gasteiger partial charge in [-0.05, 0) is 6.07 Å². The fourth-order valence-corrected chi connectivity index (χ4v) is 0.994. The first-order valence-corrected chi connectivity index (χ1v) is 3.58. The Bertz CT molecular complexity index is 373. The number of aromatic nitrogens is 1. The first-order chi connectivity index (χ1) is 6.06. The molecule has 0 saturated heterocycles. The number of nitrogen functional groups attached to an aromatic ring is 1. The van der Waals surface area contributed by atoms with E-state index in [1.54, 1.807) is 6.07 Å². The number of halogens is 3. The molecule has 1 aromatic heterocycles. The monoisotopic (exact) mass is 203 g/mol. The van der Waals surface area contributed by atoms with Gasteiger partial charge in [0.15, 0.2) is 0 Å². The predicted molar refractivity (Wildman–Crippen MR) is 43.3 cm³/mol. The second-order valence-electron chi connectivity index (χ2n) is 2.20. The summed E-state index contributed by atoms with van der Waals surface area (Å²) in [5, 5.41) is 8.21. The first kappa shape index (κ1) is 9.68. The molecule has 0 atom stereocenters. The van der Waals surface area contributed by atoms with Gasteiger partial charge in [0.25, 0.3) is 6.43 Å². The SMILES string of the molecule is N#Cc1cc(Cl)c(C(F)F)nc1N. The summed E-state index contributed by atoms with van der Waals surface area (Å²) in [6, 6.07) is 2.76. The van der Waals surface area contributed by atoms with E-state index in [-0.39, 0.29) is 16.4 Å². The van der Waals surface area contributed by atoms with Crippen molar-refractivity contribution in [3.63, 3.8) is 0 Å².